The average molecular weight is 181 g/mol. The number of hydrogen-bond donors (Lipinski definition) is 0. The molecule has 1 unspecified atom stereocenters. The van der Waals surface area contributed by atoms with Crippen LogP contribution in [0.25, 0.3) is 0 Å². The highest BCUT2D eigenvalue weighted by atomic mass is 19.1. The molecule has 70 valence electrons. The Balaban J connectivity index is 2.04. The fourth-order valence-corrected chi connectivity index (χ4v) is 1.30. The van der Waals surface area contributed by atoms with Crippen LogP contribution in [-0.2, 0) is 4.74 Å². The molecule has 13 heavy (non-hydrogen) atoms. The Morgan fingerprint density at radius 1 is 1.62 bits per heavy atom. The summed E-state index contributed by atoms with van der Waals surface area (Å²) in [6.45, 7) is 1.67. The standard InChI is InChI=1S/C10H12FNO/c1-12(6-10-7-13-10)9-4-2-3-8(11)5-9/h2-5,10H,6-7H2,1H3. The minimum absolute atomic E-state index is 0.193. The van der Waals surface area contributed by atoms with E-state index in [2.05, 4.69) is 0 Å². The van der Waals surface area contributed by atoms with Crippen molar-refractivity contribution < 1.29 is 9.13 Å². The first kappa shape index (κ1) is 8.51. The van der Waals surface area contributed by atoms with Gasteiger partial charge in [0.15, 0.2) is 0 Å². The molecule has 1 aliphatic heterocycles. The molecule has 0 N–H and O–H groups in total. The van der Waals surface area contributed by atoms with Crippen LogP contribution in [0.3, 0.4) is 0 Å². The van der Waals surface area contributed by atoms with Gasteiger partial charge in [0.1, 0.15) is 5.82 Å². The zero-order chi connectivity index (χ0) is 9.26. The summed E-state index contributed by atoms with van der Waals surface area (Å²) in [6.07, 6.45) is 0.341. The lowest BCUT2D eigenvalue weighted by Gasteiger charge is -2.17. The van der Waals surface area contributed by atoms with Crippen molar-refractivity contribution in [3.8, 4) is 0 Å². The number of anilines is 1. The molecular formula is C10H12FNO. The van der Waals surface area contributed by atoms with Crippen molar-refractivity contribution in [3.63, 3.8) is 0 Å². The quantitative estimate of drug-likeness (QED) is 0.659. The average Bonchev–Trinajstić information content (AvgIpc) is 2.88. The number of hydrogen-bond acceptors (Lipinski definition) is 2. The lowest BCUT2D eigenvalue weighted by atomic mass is 10.3. The molecule has 1 aliphatic rings. The van der Waals surface area contributed by atoms with Crippen molar-refractivity contribution in [2.45, 2.75) is 6.10 Å². The van der Waals surface area contributed by atoms with Gasteiger partial charge in [0.25, 0.3) is 0 Å². The summed E-state index contributed by atoms with van der Waals surface area (Å²) in [7, 11) is 1.94. The fourth-order valence-electron chi connectivity index (χ4n) is 1.30. The van der Waals surface area contributed by atoms with E-state index in [4.69, 9.17) is 4.74 Å². The Morgan fingerprint density at radius 2 is 2.38 bits per heavy atom. The molecule has 0 aromatic heterocycles. The van der Waals surface area contributed by atoms with Crippen LogP contribution in [0, 0.1) is 5.82 Å². The molecule has 1 aromatic carbocycles. The highest BCUT2D eigenvalue weighted by Gasteiger charge is 2.24. The van der Waals surface area contributed by atoms with E-state index in [-0.39, 0.29) is 5.82 Å². The van der Waals surface area contributed by atoms with E-state index < -0.39 is 0 Å². The van der Waals surface area contributed by atoms with Gasteiger partial charge in [-0.15, -0.1) is 0 Å². The first-order valence-corrected chi connectivity index (χ1v) is 4.34. The number of benzene rings is 1. The van der Waals surface area contributed by atoms with Gasteiger partial charge in [-0.1, -0.05) is 6.07 Å². The number of ether oxygens (including phenoxy) is 1. The number of likely N-dealkylation sites (N-methyl/N-ethyl adjacent to an activating group) is 1. The summed E-state index contributed by atoms with van der Waals surface area (Å²) in [6, 6.07) is 6.59. The molecule has 1 atom stereocenters. The highest BCUT2D eigenvalue weighted by Crippen LogP contribution is 2.17. The Kier molecular flexibility index (Phi) is 2.19. The molecule has 1 aromatic rings. The summed E-state index contributed by atoms with van der Waals surface area (Å²) in [5.41, 5.74) is 0.899. The lowest BCUT2D eigenvalue weighted by Crippen LogP contribution is -2.22. The van der Waals surface area contributed by atoms with Gasteiger partial charge in [0, 0.05) is 19.3 Å². The van der Waals surface area contributed by atoms with Gasteiger partial charge >= 0.3 is 0 Å². The van der Waals surface area contributed by atoms with Crippen molar-refractivity contribution >= 4 is 5.69 Å². The smallest absolute Gasteiger partial charge is 0.125 e. The van der Waals surface area contributed by atoms with Gasteiger partial charge in [-0.05, 0) is 18.2 Å². The lowest BCUT2D eigenvalue weighted by molar-refractivity contribution is 0.410. The van der Waals surface area contributed by atoms with Crippen LogP contribution in [0.2, 0.25) is 0 Å². The molecule has 3 heteroatoms. The van der Waals surface area contributed by atoms with Gasteiger partial charge < -0.3 is 9.64 Å². The fraction of sp³-hybridized carbons (Fsp3) is 0.400. The summed E-state index contributed by atoms with van der Waals surface area (Å²) in [5, 5.41) is 0. The first-order chi connectivity index (χ1) is 6.25. The van der Waals surface area contributed by atoms with Crippen LogP contribution < -0.4 is 4.90 Å². The molecular weight excluding hydrogens is 169 g/mol. The maximum atomic E-state index is 12.8. The second kappa shape index (κ2) is 3.34. The molecule has 2 rings (SSSR count). The Morgan fingerprint density at radius 3 is 3.00 bits per heavy atom. The van der Waals surface area contributed by atoms with E-state index in [0.717, 1.165) is 18.8 Å². The van der Waals surface area contributed by atoms with Gasteiger partial charge in [0.05, 0.1) is 12.7 Å². The molecule has 0 radical (unpaired) electrons. The third kappa shape index (κ3) is 2.18. The second-order valence-corrected chi connectivity index (χ2v) is 3.32. The van der Waals surface area contributed by atoms with E-state index in [9.17, 15) is 4.39 Å². The van der Waals surface area contributed by atoms with Crippen LogP contribution in [0.15, 0.2) is 24.3 Å². The van der Waals surface area contributed by atoms with Gasteiger partial charge in [-0.3, -0.25) is 0 Å². The van der Waals surface area contributed by atoms with Crippen molar-refractivity contribution in [3.05, 3.63) is 30.1 Å². The molecule has 0 amide bonds. The topological polar surface area (TPSA) is 15.8 Å². The minimum atomic E-state index is -0.193. The monoisotopic (exact) mass is 181 g/mol. The van der Waals surface area contributed by atoms with Crippen molar-refractivity contribution in [2.24, 2.45) is 0 Å². The van der Waals surface area contributed by atoms with Gasteiger partial charge in [-0.2, -0.15) is 0 Å². The SMILES string of the molecule is CN(CC1CO1)c1cccc(F)c1. The number of halogens is 1. The van der Waals surface area contributed by atoms with Gasteiger partial charge in [0.2, 0.25) is 0 Å². The van der Waals surface area contributed by atoms with Crippen molar-refractivity contribution in [1.82, 2.24) is 0 Å². The van der Waals surface area contributed by atoms with Crippen LogP contribution in [0.5, 0.6) is 0 Å². The van der Waals surface area contributed by atoms with E-state index in [0.29, 0.717) is 6.10 Å². The Hall–Kier alpha value is -1.09. The normalized spacial score (nSPS) is 20.0. The third-order valence-electron chi connectivity index (χ3n) is 2.13. The largest absolute Gasteiger partial charge is 0.372 e. The first-order valence-electron chi connectivity index (χ1n) is 4.34. The third-order valence-corrected chi connectivity index (χ3v) is 2.13. The summed E-state index contributed by atoms with van der Waals surface area (Å²) in [4.78, 5) is 2.00. The second-order valence-electron chi connectivity index (χ2n) is 3.32. The number of rotatable bonds is 3. The Labute approximate surface area is 76.9 Å². The van der Waals surface area contributed by atoms with Crippen LogP contribution in [-0.4, -0.2) is 26.3 Å². The maximum Gasteiger partial charge on any atom is 0.125 e. The number of nitrogens with zero attached hydrogens (tertiary/aromatic N) is 1. The highest BCUT2D eigenvalue weighted by molar-refractivity contribution is 5.45. The maximum absolute atomic E-state index is 12.8. The summed E-state index contributed by atoms with van der Waals surface area (Å²) in [5.74, 6) is -0.193. The molecule has 1 saturated heterocycles. The number of epoxide rings is 1. The Bertz CT molecular complexity index is 299. The zero-order valence-electron chi connectivity index (χ0n) is 7.53. The van der Waals surface area contributed by atoms with Crippen molar-refractivity contribution in [2.75, 3.05) is 25.1 Å². The predicted octanol–water partition coefficient (Wildman–Crippen LogP) is 1.66. The van der Waals surface area contributed by atoms with Crippen LogP contribution >= 0.6 is 0 Å². The molecule has 1 fully saturated rings. The van der Waals surface area contributed by atoms with Crippen molar-refractivity contribution in [1.29, 1.82) is 0 Å². The molecule has 0 saturated carbocycles. The van der Waals surface area contributed by atoms with E-state index in [1.54, 1.807) is 6.07 Å². The van der Waals surface area contributed by atoms with Crippen LogP contribution in [0.1, 0.15) is 0 Å². The molecule has 0 spiro atoms. The predicted molar refractivity (Wildman–Crippen MR) is 49.4 cm³/mol. The van der Waals surface area contributed by atoms with E-state index >= 15 is 0 Å². The van der Waals surface area contributed by atoms with Crippen LogP contribution in [0.4, 0.5) is 10.1 Å². The van der Waals surface area contributed by atoms with Gasteiger partial charge in [-0.25, -0.2) is 4.39 Å². The molecule has 2 nitrogen and oxygen atoms in total. The molecule has 1 heterocycles. The minimum Gasteiger partial charge on any atom is -0.372 e. The molecule has 0 bridgehead atoms. The van der Waals surface area contributed by atoms with E-state index in [1.165, 1.54) is 12.1 Å². The molecule has 0 aliphatic carbocycles. The summed E-state index contributed by atoms with van der Waals surface area (Å²) < 4.78 is 17.9. The van der Waals surface area contributed by atoms with E-state index in [1.807, 2.05) is 18.0 Å². The summed E-state index contributed by atoms with van der Waals surface area (Å²) >= 11 is 0. The zero-order valence-corrected chi connectivity index (χ0v) is 7.53.